The minimum absolute atomic E-state index is 0.228. The number of carbonyl (C=O) groups is 1. The zero-order chi connectivity index (χ0) is 13.2. The third-order valence-corrected chi connectivity index (χ3v) is 5.08. The summed E-state index contributed by atoms with van der Waals surface area (Å²) in [7, 11) is 1.83. The first-order valence-corrected chi connectivity index (χ1v) is 7.26. The third-order valence-electron chi connectivity index (χ3n) is 3.71. The van der Waals surface area contributed by atoms with Gasteiger partial charge in [-0.05, 0) is 44.4 Å². The van der Waals surface area contributed by atoms with Gasteiger partial charge in [0.1, 0.15) is 5.54 Å². The Labute approximate surface area is 113 Å². The summed E-state index contributed by atoms with van der Waals surface area (Å²) in [4.78, 5) is 13.0. The van der Waals surface area contributed by atoms with E-state index in [0.29, 0.717) is 11.7 Å². The van der Waals surface area contributed by atoms with Gasteiger partial charge in [0.2, 0.25) is 5.91 Å². The average molecular weight is 264 g/mol. The first kappa shape index (κ1) is 13.4. The number of rotatable bonds is 6. The molecule has 3 N–H and O–H groups in total. The van der Waals surface area contributed by atoms with Crippen molar-refractivity contribution in [3.63, 3.8) is 0 Å². The maximum absolute atomic E-state index is 11.8. The summed E-state index contributed by atoms with van der Waals surface area (Å²) in [6.07, 6.45) is 2.19. The fourth-order valence-electron chi connectivity index (χ4n) is 2.28. The molecule has 0 bridgehead atoms. The van der Waals surface area contributed by atoms with Crippen molar-refractivity contribution in [1.82, 2.24) is 5.32 Å². The van der Waals surface area contributed by atoms with Crippen molar-refractivity contribution in [2.75, 3.05) is 12.8 Å². The molecule has 1 saturated carbocycles. The van der Waals surface area contributed by atoms with Gasteiger partial charge in [-0.1, -0.05) is 18.2 Å². The Morgan fingerprint density at radius 3 is 2.67 bits per heavy atom. The lowest BCUT2D eigenvalue weighted by Crippen LogP contribution is -2.57. The highest BCUT2D eigenvalue weighted by Crippen LogP contribution is 2.42. The topological polar surface area (TPSA) is 55.1 Å². The molecule has 98 valence electrons. The SMILES string of the molecule is CNC(CSc1ccccc1C)(C(N)=O)C1CC1. The molecule has 1 amide bonds. The second-order valence-electron chi connectivity index (χ2n) is 4.91. The Balaban J connectivity index is 2.11. The van der Waals surface area contributed by atoms with Crippen molar-refractivity contribution < 1.29 is 4.79 Å². The van der Waals surface area contributed by atoms with Crippen molar-refractivity contribution in [3.8, 4) is 0 Å². The lowest BCUT2D eigenvalue weighted by atomic mass is 9.95. The van der Waals surface area contributed by atoms with Crippen LogP contribution < -0.4 is 11.1 Å². The number of nitrogens with one attached hydrogen (secondary N) is 1. The summed E-state index contributed by atoms with van der Waals surface area (Å²) in [5.74, 6) is 0.874. The number of aryl methyl sites for hydroxylation is 1. The lowest BCUT2D eigenvalue weighted by Gasteiger charge is -2.30. The smallest absolute Gasteiger partial charge is 0.238 e. The van der Waals surface area contributed by atoms with E-state index in [1.54, 1.807) is 11.8 Å². The summed E-state index contributed by atoms with van der Waals surface area (Å²) >= 11 is 1.71. The number of amides is 1. The zero-order valence-electron chi connectivity index (χ0n) is 10.9. The van der Waals surface area contributed by atoms with Gasteiger partial charge >= 0.3 is 0 Å². The normalized spacial score (nSPS) is 18.3. The number of carbonyl (C=O) groups excluding carboxylic acids is 1. The molecule has 0 radical (unpaired) electrons. The molecule has 1 aliphatic rings. The Morgan fingerprint density at radius 1 is 1.50 bits per heavy atom. The van der Waals surface area contributed by atoms with Crippen LogP contribution in [-0.2, 0) is 4.79 Å². The molecule has 1 aromatic rings. The fraction of sp³-hybridized carbons (Fsp3) is 0.500. The highest BCUT2D eigenvalue weighted by molar-refractivity contribution is 7.99. The van der Waals surface area contributed by atoms with Gasteiger partial charge in [-0.2, -0.15) is 0 Å². The number of nitrogens with two attached hydrogens (primary N) is 1. The van der Waals surface area contributed by atoms with Gasteiger partial charge in [-0.15, -0.1) is 11.8 Å². The van der Waals surface area contributed by atoms with Gasteiger partial charge in [-0.25, -0.2) is 0 Å². The number of likely N-dealkylation sites (N-methyl/N-ethyl adjacent to an activating group) is 1. The largest absolute Gasteiger partial charge is 0.368 e. The number of thioether (sulfide) groups is 1. The van der Waals surface area contributed by atoms with Crippen LogP contribution in [0.5, 0.6) is 0 Å². The van der Waals surface area contributed by atoms with Crippen molar-refractivity contribution in [2.45, 2.75) is 30.2 Å². The zero-order valence-corrected chi connectivity index (χ0v) is 11.7. The molecule has 1 aliphatic carbocycles. The van der Waals surface area contributed by atoms with Crippen LogP contribution in [0.1, 0.15) is 18.4 Å². The Hall–Kier alpha value is -1.00. The van der Waals surface area contributed by atoms with Gasteiger partial charge in [0.25, 0.3) is 0 Å². The molecule has 4 heteroatoms. The fourth-order valence-corrected chi connectivity index (χ4v) is 3.65. The molecule has 18 heavy (non-hydrogen) atoms. The summed E-state index contributed by atoms with van der Waals surface area (Å²) in [6.45, 7) is 2.09. The van der Waals surface area contributed by atoms with Gasteiger partial charge in [0.15, 0.2) is 0 Å². The van der Waals surface area contributed by atoms with Crippen LogP contribution in [-0.4, -0.2) is 24.2 Å². The minimum Gasteiger partial charge on any atom is -0.368 e. The molecule has 2 rings (SSSR count). The number of hydrogen-bond acceptors (Lipinski definition) is 3. The van der Waals surface area contributed by atoms with E-state index in [1.165, 1.54) is 10.5 Å². The molecular weight excluding hydrogens is 244 g/mol. The van der Waals surface area contributed by atoms with E-state index in [0.717, 1.165) is 12.8 Å². The minimum atomic E-state index is -0.549. The third kappa shape index (κ3) is 2.54. The van der Waals surface area contributed by atoms with E-state index in [9.17, 15) is 4.79 Å². The quantitative estimate of drug-likeness (QED) is 0.772. The number of primary amides is 1. The predicted octanol–water partition coefficient (Wildman–Crippen LogP) is 1.94. The molecule has 0 heterocycles. The van der Waals surface area contributed by atoms with Crippen molar-refractivity contribution in [2.24, 2.45) is 11.7 Å². The monoisotopic (exact) mass is 264 g/mol. The Bertz CT molecular complexity index is 445. The van der Waals surface area contributed by atoms with Crippen LogP contribution in [0.3, 0.4) is 0 Å². The van der Waals surface area contributed by atoms with Crippen molar-refractivity contribution in [1.29, 1.82) is 0 Å². The first-order valence-electron chi connectivity index (χ1n) is 6.27. The molecule has 0 saturated heterocycles. The van der Waals surface area contributed by atoms with Crippen LogP contribution in [0.15, 0.2) is 29.2 Å². The lowest BCUT2D eigenvalue weighted by molar-refractivity contribution is -0.124. The highest BCUT2D eigenvalue weighted by Gasteiger charge is 2.48. The van der Waals surface area contributed by atoms with Crippen molar-refractivity contribution in [3.05, 3.63) is 29.8 Å². The van der Waals surface area contributed by atoms with Gasteiger partial charge in [-0.3, -0.25) is 4.79 Å². The van der Waals surface area contributed by atoms with E-state index >= 15 is 0 Å². The molecule has 1 fully saturated rings. The average Bonchev–Trinajstić information content (AvgIpc) is 3.17. The number of hydrogen-bond donors (Lipinski definition) is 2. The molecular formula is C14H20N2OS. The second kappa shape index (κ2) is 5.33. The maximum Gasteiger partial charge on any atom is 0.238 e. The van der Waals surface area contributed by atoms with Gasteiger partial charge in [0.05, 0.1) is 0 Å². The van der Waals surface area contributed by atoms with E-state index < -0.39 is 5.54 Å². The summed E-state index contributed by atoms with van der Waals surface area (Å²) in [5.41, 5.74) is 6.31. The van der Waals surface area contributed by atoms with Crippen LogP contribution in [0.2, 0.25) is 0 Å². The summed E-state index contributed by atoms with van der Waals surface area (Å²) < 4.78 is 0. The van der Waals surface area contributed by atoms with E-state index in [-0.39, 0.29) is 5.91 Å². The van der Waals surface area contributed by atoms with Crippen LogP contribution in [0.25, 0.3) is 0 Å². The van der Waals surface area contributed by atoms with Gasteiger partial charge < -0.3 is 11.1 Å². The van der Waals surface area contributed by atoms with E-state index in [4.69, 9.17) is 5.73 Å². The second-order valence-corrected chi connectivity index (χ2v) is 5.93. The number of benzene rings is 1. The standard InChI is InChI=1S/C14H20N2OS/c1-10-5-3-4-6-12(10)18-9-14(16-2,13(15)17)11-7-8-11/h3-6,11,16H,7-9H2,1-2H3,(H2,15,17). The van der Waals surface area contributed by atoms with Crippen molar-refractivity contribution >= 4 is 17.7 Å². The molecule has 0 aliphatic heterocycles. The van der Waals surface area contributed by atoms with Crippen LogP contribution in [0.4, 0.5) is 0 Å². The predicted molar refractivity (Wildman–Crippen MR) is 75.6 cm³/mol. The van der Waals surface area contributed by atoms with E-state index in [2.05, 4.69) is 24.4 Å². The maximum atomic E-state index is 11.8. The molecule has 0 aromatic heterocycles. The van der Waals surface area contributed by atoms with E-state index in [1.807, 2.05) is 19.2 Å². The Morgan fingerprint density at radius 2 is 2.17 bits per heavy atom. The van der Waals surface area contributed by atoms with Crippen LogP contribution >= 0.6 is 11.8 Å². The van der Waals surface area contributed by atoms with Crippen LogP contribution in [0, 0.1) is 12.8 Å². The Kier molecular flexibility index (Phi) is 3.97. The molecule has 1 atom stereocenters. The van der Waals surface area contributed by atoms with Gasteiger partial charge in [0, 0.05) is 10.6 Å². The summed E-state index contributed by atoms with van der Waals surface area (Å²) in [5, 5.41) is 3.17. The molecule has 1 aromatic carbocycles. The highest BCUT2D eigenvalue weighted by atomic mass is 32.2. The molecule has 1 unspecified atom stereocenters. The first-order chi connectivity index (χ1) is 8.60. The molecule has 0 spiro atoms. The molecule has 3 nitrogen and oxygen atoms in total. The summed E-state index contributed by atoms with van der Waals surface area (Å²) in [6, 6.07) is 8.23.